The fraction of sp³-hybridized carbons (Fsp3) is 0.100. The Hall–Kier alpha value is -3.69. The highest BCUT2D eigenvalue weighted by molar-refractivity contribution is 5.37. The lowest BCUT2D eigenvalue weighted by atomic mass is 10.2. The standard InChI is InChI=1S/C20H12F5N3O2/c21-15-9-12(11-29-17-5-7-28-8-6-26-19(28)27-17)10-16(22)18(15)30-14-3-1-13(2-4-14)20(23,24)25/h1-10H,11H2. The molecule has 2 heterocycles. The molecule has 0 aliphatic heterocycles. The molecule has 0 fully saturated rings. The Morgan fingerprint density at radius 3 is 2.30 bits per heavy atom. The minimum absolute atomic E-state index is 0.137. The first kappa shape index (κ1) is 19.6. The highest BCUT2D eigenvalue weighted by Gasteiger charge is 2.30. The monoisotopic (exact) mass is 421 g/mol. The molecule has 0 atom stereocenters. The Kier molecular flexibility index (Phi) is 4.98. The number of aromatic nitrogens is 3. The van der Waals surface area contributed by atoms with Crippen molar-refractivity contribution in [2.24, 2.45) is 0 Å². The summed E-state index contributed by atoms with van der Waals surface area (Å²) in [6.45, 7) is -0.168. The third-order valence-corrected chi connectivity index (χ3v) is 4.08. The predicted molar refractivity (Wildman–Crippen MR) is 95.2 cm³/mol. The van der Waals surface area contributed by atoms with Gasteiger partial charge in [0.2, 0.25) is 11.7 Å². The number of benzene rings is 2. The highest BCUT2D eigenvalue weighted by Crippen LogP contribution is 2.33. The van der Waals surface area contributed by atoms with Crippen molar-refractivity contribution in [3.05, 3.63) is 83.8 Å². The maximum absolute atomic E-state index is 14.3. The van der Waals surface area contributed by atoms with Gasteiger partial charge in [-0.1, -0.05) is 0 Å². The van der Waals surface area contributed by atoms with Crippen LogP contribution in [-0.4, -0.2) is 14.4 Å². The van der Waals surface area contributed by atoms with Crippen LogP contribution in [0.25, 0.3) is 5.78 Å². The molecular weight excluding hydrogens is 409 g/mol. The molecule has 10 heteroatoms. The number of alkyl halides is 3. The second kappa shape index (κ2) is 7.62. The fourth-order valence-electron chi connectivity index (χ4n) is 2.65. The number of rotatable bonds is 5. The summed E-state index contributed by atoms with van der Waals surface area (Å²) in [7, 11) is 0. The van der Waals surface area contributed by atoms with Crippen molar-refractivity contribution in [3.8, 4) is 17.4 Å². The van der Waals surface area contributed by atoms with Crippen LogP contribution in [-0.2, 0) is 12.8 Å². The van der Waals surface area contributed by atoms with Crippen LogP contribution in [0.2, 0.25) is 0 Å². The van der Waals surface area contributed by atoms with Crippen LogP contribution >= 0.6 is 0 Å². The summed E-state index contributed by atoms with van der Waals surface area (Å²) in [6.07, 6.45) is 0.416. The first-order chi connectivity index (χ1) is 14.3. The van der Waals surface area contributed by atoms with Gasteiger partial charge < -0.3 is 9.47 Å². The van der Waals surface area contributed by atoms with Gasteiger partial charge in [0, 0.05) is 24.7 Å². The molecule has 0 radical (unpaired) electrons. The van der Waals surface area contributed by atoms with E-state index in [2.05, 4.69) is 9.97 Å². The minimum Gasteiger partial charge on any atom is -0.473 e. The van der Waals surface area contributed by atoms with E-state index in [-0.39, 0.29) is 23.8 Å². The summed E-state index contributed by atoms with van der Waals surface area (Å²) in [6, 6.07) is 7.08. The molecule has 0 saturated carbocycles. The summed E-state index contributed by atoms with van der Waals surface area (Å²) in [5.41, 5.74) is -0.722. The van der Waals surface area contributed by atoms with E-state index in [0.717, 1.165) is 36.4 Å². The van der Waals surface area contributed by atoms with Gasteiger partial charge in [0.05, 0.1) is 5.56 Å². The normalized spacial score (nSPS) is 11.6. The Balaban J connectivity index is 1.47. The summed E-state index contributed by atoms with van der Waals surface area (Å²) in [5, 5.41) is 0. The second-order valence-corrected chi connectivity index (χ2v) is 6.20. The average molecular weight is 421 g/mol. The van der Waals surface area contributed by atoms with Crippen molar-refractivity contribution >= 4 is 5.78 Å². The van der Waals surface area contributed by atoms with Gasteiger partial charge in [0.1, 0.15) is 12.4 Å². The van der Waals surface area contributed by atoms with E-state index in [1.165, 1.54) is 0 Å². The Bertz CT molecular complexity index is 1170. The Labute approximate surface area is 166 Å². The lowest BCUT2D eigenvalue weighted by Gasteiger charge is -2.12. The van der Waals surface area contributed by atoms with Gasteiger partial charge in [-0.05, 0) is 42.0 Å². The van der Waals surface area contributed by atoms with Gasteiger partial charge in [-0.2, -0.15) is 18.2 Å². The summed E-state index contributed by atoms with van der Waals surface area (Å²) in [5.74, 6) is -2.28. The summed E-state index contributed by atoms with van der Waals surface area (Å²) >= 11 is 0. The molecule has 0 spiro atoms. The fourth-order valence-corrected chi connectivity index (χ4v) is 2.65. The molecule has 4 rings (SSSR count). The largest absolute Gasteiger partial charge is 0.473 e. The molecule has 0 aliphatic rings. The Morgan fingerprint density at radius 1 is 0.933 bits per heavy atom. The maximum Gasteiger partial charge on any atom is 0.416 e. The number of hydrogen-bond acceptors (Lipinski definition) is 4. The number of halogens is 5. The minimum atomic E-state index is -4.52. The molecule has 0 N–H and O–H groups in total. The highest BCUT2D eigenvalue weighted by atomic mass is 19.4. The van der Waals surface area contributed by atoms with E-state index in [1.807, 2.05) is 0 Å². The maximum atomic E-state index is 14.3. The molecule has 0 saturated heterocycles. The lowest BCUT2D eigenvalue weighted by molar-refractivity contribution is -0.137. The van der Waals surface area contributed by atoms with Crippen LogP contribution in [0.3, 0.4) is 0 Å². The van der Waals surface area contributed by atoms with Crippen molar-refractivity contribution < 1.29 is 31.4 Å². The third-order valence-electron chi connectivity index (χ3n) is 4.08. The third kappa shape index (κ3) is 4.17. The number of imidazole rings is 1. The van der Waals surface area contributed by atoms with Crippen molar-refractivity contribution in [1.82, 2.24) is 14.4 Å². The van der Waals surface area contributed by atoms with Crippen LogP contribution in [0.1, 0.15) is 11.1 Å². The van der Waals surface area contributed by atoms with Gasteiger partial charge in [0.25, 0.3) is 0 Å². The van der Waals surface area contributed by atoms with Gasteiger partial charge in [-0.25, -0.2) is 13.8 Å². The summed E-state index contributed by atoms with van der Waals surface area (Å²) < 4.78 is 78.6. The zero-order chi connectivity index (χ0) is 21.3. The van der Waals surface area contributed by atoms with Crippen molar-refractivity contribution in [1.29, 1.82) is 0 Å². The van der Waals surface area contributed by atoms with Crippen LogP contribution in [0.15, 0.2) is 61.1 Å². The molecule has 154 valence electrons. The lowest BCUT2D eigenvalue weighted by Crippen LogP contribution is -2.04. The van der Waals surface area contributed by atoms with Crippen molar-refractivity contribution in [3.63, 3.8) is 0 Å². The molecule has 0 aliphatic carbocycles. The van der Waals surface area contributed by atoms with Crippen molar-refractivity contribution in [2.75, 3.05) is 0 Å². The average Bonchev–Trinajstić information content (AvgIpc) is 3.17. The molecule has 5 nitrogen and oxygen atoms in total. The second-order valence-electron chi connectivity index (χ2n) is 6.20. The van der Waals surface area contributed by atoms with Crippen molar-refractivity contribution in [2.45, 2.75) is 12.8 Å². The molecule has 2 aromatic carbocycles. The molecular formula is C20H12F5N3O2. The van der Waals surface area contributed by atoms with Gasteiger partial charge in [-0.15, -0.1) is 0 Å². The number of fused-ring (bicyclic) bond motifs is 1. The van der Waals surface area contributed by atoms with Gasteiger partial charge in [-0.3, -0.25) is 4.40 Å². The van der Waals surface area contributed by atoms with Gasteiger partial charge >= 0.3 is 6.18 Å². The van der Waals surface area contributed by atoms with E-state index >= 15 is 0 Å². The quantitative estimate of drug-likeness (QED) is 0.405. The van der Waals surface area contributed by atoms with Crippen LogP contribution in [0.4, 0.5) is 22.0 Å². The molecule has 0 amide bonds. The van der Waals surface area contributed by atoms with E-state index < -0.39 is 29.1 Å². The Morgan fingerprint density at radius 2 is 1.63 bits per heavy atom. The van der Waals surface area contributed by atoms with Crippen LogP contribution in [0, 0.1) is 11.6 Å². The van der Waals surface area contributed by atoms with E-state index in [1.54, 1.807) is 29.1 Å². The first-order valence-electron chi connectivity index (χ1n) is 8.55. The van der Waals surface area contributed by atoms with Gasteiger partial charge in [0.15, 0.2) is 17.4 Å². The van der Waals surface area contributed by atoms with E-state index in [4.69, 9.17) is 9.47 Å². The molecule has 0 unspecified atom stereocenters. The smallest absolute Gasteiger partial charge is 0.416 e. The number of hydrogen-bond donors (Lipinski definition) is 0. The molecule has 2 aromatic heterocycles. The van der Waals surface area contributed by atoms with Crippen LogP contribution in [0.5, 0.6) is 17.4 Å². The van der Waals surface area contributed by atoms with Crippen LogP contribution < -0.4 is 9.47 Å². The van der Waals surface area contributed by atoms with E-state index in [9.17, 15) is 22.0 Å². The predicted octanol–water partition coefficient (Wildman–Crippen LogP) is 5.40. The first-order valence-corrected chi connectivity index (χ1v) is 8.55. The zero-order valence-electron chi connectivity index (χ0n) is 15.0. The van der Waals surface area contributed by atoms with E-state index in [0.29, 0.717) is 5.78 Å². The molecule has 30 heavy (non-hydrogen) atoms. The molecule has 4 aromatic rings. The zero-order valence-corrected chi connectivity index (χ0v) is 15.0. The number of nitrogens with zero attached hydrogens (tertiary/aromatic N) is 3. The number of ether oxygens (including phenoxy) is 2. The molecule has 0 bridgehead atoms. The summed E-state index contributed by atoms with van der Waals surface area (Å²) in [4.78, 5) is 8.14. The topological polar surface area (TPSA) is 48.7 Å². The SMILES string of the molecule is Fc1cc(COc2ccn3ccnc3n2)cc(F)c1Oc1ccc(C(F)(F)F)cc1.